The summed E-state index contributed by atoms with van der Waals surface area (Å²) in [7, 11) is 1.86. The zero-order valence-corrected chi connectivity index (χ0v) is 12.3. The molecule has 21 heavy (non-hydrogen) atoms. The Balaban J connectivity index is 1.76. The second-order valence-corrected chi connectivity index (χ2v) is 5.14. The third-order valence-corrected chi connectivity index (χ3v) is 3.68. The smallest absolute Gasteiger partial charge is 0.263 e. The minimum Gasteiger partial charge on any atom is -0.463 e. The summed E-state index contributed by atoms with van der Waals surface area (Å²) in [5.41, 5.74) is 0.985. The van der Waals surface area contributed by atoms with Gasteiger partial charge in [0.2, 0.25) is 5.88 Å². The van der Waals surface area contributed by atoms with Gasteiger partial charge in [-0.05, 0) is 19.1 Å². The lowest BCUT2D eigenvalue weighted by molar-refractivity contribution is -0.142. The predicted octanol–water partition coefficient (Wildman–Crippen LogP) is 1.20. The van der Waals surface area contributed by atoms with Gasteiger partial charge in [0.25, 0.3) is 5.91 Å². The van der Waals surface area contributed by atoms with Crippen molar-refractivity contribution in [2.75, 3.05) is 26.3 Å². The van der Waals surface area contributed by atoms with Crippen LogP contribution in [0.15, 0.2) is 24.3 Å². The molecule has 0 saturated carbocycles. The van der Waals surface area contributed by atoms with E-state index in [0.29, 0.717) is 32.2 Å². The number of amides is 1. The average Bonchev–Trinajstić information content (AvgIpc) is 2.84. The van der Waals surface area contributed by atoms with Gasteiger partial charge in [0, 0.05) is 20.1 Å². The van der Waals surface area contributed by atoms with Crippen molar-refractivity contribution in [2.45, 2.75) is 13.0 Å². The fourth-order valence-corrected chi connectivity index (χ4v) is 2.53. The summed E-state index contributed by atoms with van der Waals surface area (Å²) in [6.07, 6.45) is -0.554. The van der Waals surface area contributed by atoms with Crippen LogP contribution in [0.4, 0.5) is 0 Å². The zero-order chi connectivity index (χ0) is 14.8. The van der Waals surface area contributed by atoms with Crippen LogP contribution in [0.1, 0.15) is 6.92 Å². The summed E-state index contributed by atoms with van der Waals surface area (Å²) in [5.74, 6) is 0.482. The molecule has 3 rings (SSSR count). The van der Waals surface area contributed by atoms with Crippen molar-refractivity contribution >= 4 is 16.8 Å². The number of fused-ring (bicyclic) bond motifs is 1. The summed E-state index contributed by atoms with van der Waals surface area (Å²) in [6, 6.07) is 7.81. The van der Waals surface area contributed by atoms with E-state index >= 15 is 0 Å². The van der Waals surface area contributed by atoms with Gasteiger partial charge in [-0.2, -0.15) is 0 Å². The maximum Gasteiger partial charge on any atom is 0.263 e. The largest absolute Gasteiger partial charge is 0.463 e. The van der Waals surface area contributed by atoms with E-state index in [9.17, 15) is 4.79 Å². The Bertz CT molecular complexity index is 647. The van der Waals surface area contributed by atoms with Gasteiger partial charge in [0.15, 0.2) is 6.10 Å². The highest BCUT2D eigenvalue weighted by Gasteiger charge is 2.25. The lowest BCUT2D eigenvalue weighted by Gasteiger charge is -2.29. The first kappa shape index (κ1) is 13.9. The van der Waals surface area contributed by atoms with E-state index in [0.717, 1.165) is 10.9 Å². The van der Waals surface area contributed by atoms with E-state index in [-0.39, 0.29) is 5.91 Å². The Labute approximate surface area is 123 Å². The molecule has 1 aliphatic rings. The first-order valence-corrected chi connectivity index (χ1v) is 7.12. The predicted molar refractivity (Wildman–Crippen MR) is 78.2 cm³/mol. The Hall–Kier alpha value is -2.08. The zero-order valence-electron chi connectivity index (χ0n) is 12.3. The Morgan fingerprint density at radius 1 is 1.33 bits per heavy atom. The molecular formula is C15H19N3O3. The van der Waals surface area contributed by atoms with Crippen LogP contribution in [-0.2, 0) is 16.6 Å². The van der Waals surface area contributed by atoms with Crippen molar-refractivity contribution in [3.05, 3.63) is 24.3 Å². The number of rotatable bonds is 3. The van der Waals surface area contributed by atoms with Gasteiger partial charge >= 0.3 is 0 Å². The van der Waals surface area contributed by atoms with Crippen molar-refractivity contribution < 1.29 is 14.3 Å². The minimum atomic E-state index is -0.554. The van der Waals surface area contributed by atoms with Crippen LogP contribution < -0.4 is 4.74 Å². The molecule has 0 spiro atoms. The van der Waals surface area contributed by atoms with Crippen molar-refractivity contribution in [1.29, 1.82) is 0 Å². The topological polar surface area (TPSA) is 56.6 Å². The molecule has 2 heterocycles. The summed E-state index contributed by atoms with van der Waals surface area (Å²) in [5, 5.41) is 5.27. The van der Waals surface area contributed by atoms with E-state index in [1.54, 1.807) is 16.5 Å². The number of carbonyl (C=O) groups is 1. The third-order valence-electron chi connectivity index (χ3n) is 3.68. The maximum atomic E-state index is 12.4. The number of carbonyl (C=O) groups excluding carboxylic acids is 1. The Morgan fingerprint density at radius 2 is 2.05 bits per heavy atom. The van der Waals surface area contributed by atoms with Crippen LogP contribution in [0.2, 0.25) is 0 Å². The van der Waals surface area contributed by atoms with Crippen molar-refractivity contribution in [1.82, 2.24) is 14.7 Å². The first-order chi connectivity index (χ1) is 10.2. The molecule has 6 heteroatoms. The standard InChI is InChI=1S/C15H19N3O3/c1-11(15(19)18-7-9-20-10-8-18)21-14-12-5-3-4-6-13(12)17(2)16-14/h3-6,11H,7-10H2,1-2H3. The molecular weight excluding hydrogens is 270 g/mol. The van der Waals surface area contributed by atoms with Gasteiger partial charge in [-0.15, -0.1) is 5.10 Å². The summed E-state index contributed by atoms with van der Waals surface area (Å²) < 4.78 is 12.8. The molecule has 1 fully saturated rings. The molecule has 1 aromatic carbocycles. The number of hydrogen-bond donors (Lipinski definition) is 0. The molecule has 0 bridgehead atoms. The Kier molecular flexibility index (Phi) is 3.79. The van der Waals surface area contributed by atoms with Gasteiger partial charge in [0.05, 0.1) is 24.1 Å². The fraction of sp³-hybridized carbons (Fsp3) is 0.467. The molecule has 1 atom stereocenters. The molecule has 0 aliphatic carbocycles. The molecule has 1 aromatic heterocycles. The molecule has 1 unspecified atom stereocenters. The SMILES string of the molecule is CC(Oc1nn(C)c2ccccc12)C(=O)N1CCOCC1. The Morgan fingerprint density at radius 3 is 2.81 bits per heavy atom. The van der Waals surface area contributed by atoms with E-state index < -0.39 is 6.10 Å². The average molecular weight is 289 g/mol. The highest BCUT2D eigenvalue weighted by molar-refractivity contribution is 5.86. The van der Waals surface area contributed by atoms with Crippen molar-refractivity contribution in [2.24, 2.45) is 7.05 Å². The molecule has 2 aromatic rings. The summed E-state index contributed by atoms with van der Waals surface area (Å²) >= 11 is 0. The van der Waals surface area contributed by atoms with Crippen LogP contribution in [0.25, 0.3) is 10.9 Å². The van der Waals surface area contributed by atoms with E-state index in [4.69, 9.17) is 9.47 Å². The molecule has 1 aliphatic heterocycles. The van der Waals surface area contributed by atoms with Gasteiger partial charge < -0.3 is 14.4 Å². The monoisotopic (exact) mass is 289 g/mol. The molecule has 1 amide bonds. The van der Waals surface area contributed by atoms with Gasteiger partial charge in [0.1, 0.15) is 0 Å². The van der Waals surface area contributed by atoms with Crippen LogP contribution >= 0.6 is 0 Å². The van der Waals surface area contributed by atoms with E-state index in [1.165, 1.54) is 0 Å². The number of hydrogen-bond acceptors (Lipinski definition) is 4. The van der Waals surface area contributed by atoms with Crippen LogP contribution in [0.5, 0.6) is 5.88 Å². The number of aromatic nitrogens is 2. The normalized spacial score (nSPS) is 17.0. The maximum absolute atomic E-state index is 12.4. The second-order valence-electron chi connectivity index (χ2n) is 5.14. The lowest BCUT2D eigenvalue weighted by Crippen LogP contribution is -2.46. The van der Waals surface area contributed by atoms with E-state index in [1.807, 2.05) is 31.3 Å². The van der Waals surface area contributed by atoms with Gasteiger partial charge in [-0.3, -0.25) is 9.48 Å². The number of nitrogens with zero attached hydrogens (tertiary/aromatic N) is 3. The molecule has 6 nitrogen and oxygen atoms in total. The highest BCUT2D eigenvalue weighted by Crippen LogP contribution is 2.25. The molecule has 0 radical (unpaired) electrons. The molecule has 112 valence electrons. The number of morpholine rings is 1. The highest BCUT2D eigenvalue weighted by atomic mass is 16.5. The van der Waals surface area contributed by atoms with Crippen molar-refractivity contribution in [3.8, 4) is 5.88 Å². The lowest BCUT2D eigenvalue weighted by atomic mass is 10.2. The number of ether oxygens (including phenoxy) is 2. The summed E-state index contributed by atoms with van der Waals surface area (Å²) in [4.78, 5) is 14.1. The second kappa shape index (κ2) is 5.73. The number of para-hydroxylation sites is 1. The minimum absolute atomic E-state index is 0.0203. The third kappa shape index (κ3) is 2.71. The quantitative estimate of drug-likeness (QED) is 0.852. The first-order valence-electron chi connectivity index (χ1n) is 7.12. The summed E-state index contributed by atoms with van der Waals surface area (Å²) in [6.45, 7) is 4.18. The van der Waals surface area contributed by atoms with Gasteiger partial charge in [-0.25, -0.2) is 0 Å². The van der Waals surface area contributed by atoms with E-state index in [2.05, 4.69) is 5.10 Å². The number of aryl methyl sites for hydroxylation is 1. The van der Waals surface area contributed by atoms with Crippen LogP contribution in [-0.4, -0.2) is 53.0 Å². The number of benzene rings is 1. The molecule has 0 N–H and O–H groups in total. The van der Waals surface area contributed by atoms with Gasteiger partial charge in [-0.1, -0.05) is 12.1 Å². The fourth-order valence-electron chi connectivity index (χ4n) is 2.53. The van der Waals surface area contributed by atoms with Crippen molar-refractivity contribution in [3.63, 3.8) is 0 Å². The van der Waals surface area contributed by atoms with Crippen LogP contribution in [0, 0.1) is 0 Å². The molecule has 1 saturated heterocycles. The van der Waals surface area contributed by atoms with Crippen LogP contribution in [0.3, 0.4) is 0 Å².